The summed E-state index contributed by atoms with van der Waals surface area (Å²) in [5.74, 6) is -1.28. The predicted molar refractivity (Wildman–Crippen MR) is 66.5 cm³/mol. The Hall–Kier alpha value is -2.09. The zero-order valence-electron chi connectivity index (χ0n) is 10.6. The van der Waals surface area contributed by atoms with E-state index in [0.29, 0.717) is 19.5 Å². The van der Waals surface area contributed by atoms with Gasteiger partial charge in [-0.05, 0) is 19.4 Å². The zero-order chi connectivity index (χ0) is 14.3. The molecule has 1 rings (SSSR count). The highest BCUT2D eigenvalue weighted by Crippen LogP contribution is 1.93. The van der Waals surface area contributed by atoms with Crippen LogP contribution in [-0.2, 0) is 11.3 Å². The van der Waals surface area contributed by atoms with Gasteiger partial charge in [-0.15, -0.1) is 0 Å². The third-order valence-corrected chi connectivity index (χ3v) is 2.44. The Morgan fingerprint density at radius 1 is 1.47 bits per heavy atom. The minimum absolute atomic E-state index is 0.387. The van der Waals surface area contributed by atoms with E-state index < -0.39 is 24.1 Å². The molecule has 1 aromatic heterocycles. The van der Waals surface area contributed by atoms with Crippen molar-refractivity contribution in [3.05, 3.63) is 18.5 Å². The van der Waals surface area contributed by atoms with E-state index in [1.54, 1.807) is 16.9 Å². The molecule has 4 N–H and O–H groups in total. The van der Waals surface area contributed by atoms with Crippen LogP contribution in [0.1, 0.15) is 13.3 Å². The summed E-state index contributed by atoms with van der Waals surface area (Å²) < 4.78 is 1.73. The van der Waals surface area contributed by atoms with Crippen molar-refractivity contribution >= 4 is 12.0 Å². The van der Waals surface area contributed by atoms with Crippen molar-refractivity contribution in [1.82, 2.24) is 20.4 Å². The van der Waals surface area contributed by atoms with Gasteiger partial charge in [-0.1, -0.05) is 0 Å². The topological polar surface area (TPSA) is 116 Å². The van der Waals surface area contributed by atoms with E-state index in [1.807, 2.05) is 6.20 Å². The van der Waals surface area contributed by atoms with Crippen LogP contribution in [0.25, 0.3) is 0 Å². The minimum atomic E-state index is -1.31. The van der Waals surface area contributed by atoms with Crippen LogP contribution in [0, 0.1) is 0 Å². The molecule has 106 valence electrons. The highest BCUT2D eigenvalue weighted by atomic mass is 16.4. The Kier molecular flexibility index (Phi) is 5.80. The average Bonchev–Trinajstić information content (AvgIpc) is 2.84. The van der Waals surface area contributed by atoms with Crippen molar-refractivity contribution in [2.24, 2.45) is 0 Å². The number of aryl methyl sites for hydroxylation is 1. The summed E-state index contributed by atoms with van der Waals surface area (Å²) in [4.78, 5) is 22.2. The molecule has 1 aromatic rings. The largest absolute Gasteiger partial charge is 0.480 e. The third-order valence-electron chi connectivity index (χ3n) is 2.44. The van der Waals surface area contributed by atoms with E-state index in [4.69, 9.17) is 5.11 Å². The monoisotopic (exact) mass is 270 g/mol. The van der Waals surface area contributed by atoms with Gasteiger partial charge in [0.2, 0.25) is 0 Å². The number of carbonyl (C=O) groups excluding carboxylic acids is 1. The molecule has 0 spiro atoms. The van der Waals surface area contributed by atoms with E-state index in [2.05, 4.69) is 15.7 Å². The molecule has 1 heterocycles. The number of amides is 2. The molecule has 0 saturated heterocycles. The summed E-state index contributed by atoms with van der Waals surface area (Å²) in [6.45, 7) is 2.35. The van der Waals surface area contributed by atoms with Gasteiger partial charge < -0.3 is 20.8 Å². The van der Waals surface area contributed by atoms with Crippen LogP contribution in [0.3, 0.4) is 0 Å². The Balaban J connectivity index is 2.21. The molecule has 8 nitrogen and oxygen atoms in total. The van der Waals surface area contributed by atoms with Gasteiger partial charge in [0.1, 0.15) is 0 Å². The van der Waals surface area contributed by atoms with Gasteiger partial charge >= 0.3 is 12.0 Å². The Morgan fingerprint density at radius 3 is 2.74 bits per heavy atom. The smallest absolute Gasteiger partial charge is 0.328 e. The van der Waals surface area contributed by atoms with Gasteiger partial charge in [0, 0.05) is 25.5 Å². The third kappa shape index (κ3) is 5.38. The van der Waals surface area contributed by atoms with Crippen LogP contribution in [0.15, 0.2) is 18.5 Å². The van der Waals surface area contributed by atoms with Gasteiger partial charge in [0.15, 0.2) is 6.04 Å². The van der Waals surface area contributed by atoms with Gasteiger partial charge in [-0.3, -0.25) is 4.68 Å². The second-order valence-corrected chi connectivity index (χ2v) is 4.08. The first-order valence-corrected chi connectivity index (χ1v) is 5.93. The van der Waals surface area contributed by atoms with Crippen LogP contribution in [0.5, 0.6) is 0 Å². The number of aromatic nitrogens is 2. The van der Waals surface area contributed by atoms with Gasteiger partial charge in [-0.2, -0.15) is 5.10 Å². The van der Waals surface area contributed by atoms with Crippen LogP contribution in [0.2, 0.25) is 0 Å². The number of carbonyl (C=O) groups is 2. The second kappa shape index (κ2) is 7.37. The minimum Gasteiger partial charge on any atom is -0.480 e. The lowest BCUT2D eigenvalue weighted by Crippen LogP contribution is -2.51. The van der Waals surface area contributed by atoms with Crippen LogP contribution in [0.4, 0.5) is 4.79 Å². The van der Waals surface area contributed by atoms with Crippen LogP contribution in [-0.4, -0.2) is 50.7 Å². The Bertz CT molecular complexity index is 405. The second-order valence-electron chi connectivity index (χ2n) is 4.08. The number of urea groups is 1. The summed E-state index contributed by atoms with van der Waals surface area (Å²) in [6.07, 6.45) is 2.99. The van der Waals surface area contributed by atoms with Crippen molar-refractivity contribution in [3.8, 4) is 0 Å². The lowest BCUT2D eigenvalue weighted by molar-refractivity contribution is -0.141. The first-order valence-electron chi connectivity index (χ1n) is 5.93. The molecule has 2 amide bonds. The first kappa shape index (κ1) is 15.0. The number of carboxylic acid groups (broad SMARTS) is 1. The maximum atomic E-state index is 11.4. The van der Waals surface area contributed by atoms with Crippen molar-refractivity contribution < 1.29 is 19.8 Å². The van der Waals surface area contributed by atoms with Gasteiger partial charge in [-0.25, -0.2) is 9.59 Å². The van der Waals surface area contributed by atoms with Gasteiger partial charge in [0.25, 0.3) is 0 Å². The Morgan fingerprint density at radius 2 is 2.21 bits per heavy atom. The quantitative estimate of drug-likeness (QED) is 0.494. The zero-order valence-corrected chi connectivity index (χ0v) is 10.6. The lowest BCUT2D eigenvalue weighted by atomic mass is 10.2. The highest BCUT2D eigenvalue weighted by Gasteiger charge is 2.24. The number of nitrogens with one attached hydrogen (secondary N) is 2. The van der Waals surface area contributed by atoms with Crippen molar-refractivity contribution in [2.45, 2.75) is 32.0 Å². The molecule has 0 fully saturated rings. The lowest BCUT2D eigenvalue weighted by Gasteiger charge is -2.17. The molecule has 0 radical (unpaired) electrons. The van der Waals surface area contributed by atoms with E-state index >= 15 is 0 Å². The first-order chi connectivity index (χ1) is 9.00. The number of hydrogen-bond acceptors (Lipinski definition) is 4. The van der Waals surface area contributed by atoms with E-state index in [1.165, 1.54) is 6.92 Å². The number of aliphatic hydroxyl groups is 1. The summed E-state index contributed by atoms with van der Waals surface area (Å²) in [5, 5.41) is 26.7. The number of rotatable bonds is 7. The molecule has 0 aliphatic heterocycles. The number of nitrogens with zero attached hydrogens (tertiary/aromatic N) is 2. The van der Waals surface area contributed by atoms with Crippen molar-refractivity contribution in [1.29, 1.82) is 0 Å². The number of aliphatic carboxylic acids is 1. The number of carboxylic acids is 1. The average molecular weight is 270 g/mol. The molecule has 0 unspecified atom stereocenters. The van der Waals surface area contributed by atoms with E-state index in [0.717, 1.165) is 0 Å². The molecule has 0 bridgehead atoms. The number of hydrogen-bond donors (Lipinski definition) is 4. The molecule has 0 aliphatic carbocycles. The SMILES string of the molecule is C[C@@H](O)[C@H](NC(=O)NCCCn1cccn1)C(=O)O. The Labute approximate surface area is 110 Å². The van der Waals surface area contributed by atoms with Crippen LogP contribution >= 0.6 is 0 Å². The summed E-state index contributed by atoms with van der Waals surface area (Å²) in [6, 6.07) is -0.125. The number of aliphatic hydroxyl groups excluding tert-OH is 1. The molecule has 0 aliphatic rings. The molecule has 0 aromatic carbocycles. The fraction of sp³-hybridized carbons (Fsp3) is 0.545. The maximum Gasteiger partial charge on any atom is 0.328 e. The molecule has 2 atom stereocenters. The van der Waals surface area contributed by atoms with Crippen molar-refractivity contribution in [3.63, 3.8) is 0 Å². The summed E-state index contributed by atoms with van der Waals surface area (Å²) in [5.41, 5.74) is 0. The predicted octanol–water partition coefficient (Wildman–Crippen LogP) is -0.594. The maximum absolute atomic E-state index is 11.4. The molecule has 0 saturated carbocycles. The van der Waals surface area contributed by atoms with E-state index in [-0.39, 0.29) is 0 Å². The summed E-state index contributed by atoms with van der Waals surface area (Å²) >= 11 is 0. The molecular formula is C11H18N4O4. The van der Waals surface area contributed by atoms with Crippen molar-refractivity contribution in [2.75, 3.05) is 6.54 Å². The standard InChI is InChI=1S/C11H18N4O4/c1-8(16)9(10(17)18)14-11(19)12-4-2-6-15-7-3-5-13-15/h3,5,7-9,16H,2,4,6H2,1H3,(H,17,18)(H2,12,14,19)/t8-,9+/m1/s1. The van der Waals surface area contributed by atoms with Gasteiger partial charge in [0.05, 0.1) is 6.10 Å². The summed E-state index contributed by atoms with van der Waals surface area (Å²) in [7, 11) is 0. The highest BCUT2D eigenvalue weighted by molar-refractivity contribution is 5.82. The normalized spacial score (nSPS) is 13.6. The molecule has 8 heteroatoms. The fourth-order valence-electron chi connectivity index (χ4n) is 1.46. The fourth-order valence-corrected chi connectivity index (χ4v) is 1.46. The molecular weight excluding hydrogens is 252 g/mol. The van der Waals surface area contributed by atoms with Crippen LogP contribution < -0.4 is 10.6 Å². The van der Waals surface area contributed by atoms with E-state index in [9.17, 15) is 14.7 Å². The molecule has 19 heavy (non-hydrogen) atoms.